The molecule has 1 aliphatic heterocycles. The van der Waals surface area contributed by atoms with Crippen LogP contribution in [0.2, 0.25) is 0 Å². The van der Waals surface area contributed by atoms with Crippen LogP contribution in [-0.2, 0) is 11.3 Å². The lowest BCUT2D eigenvalue weighted by Crippen LogP contribution is -2.13. The number of carbonyl (C=O) groups is 1. The molecule has 0 atom stereocenters. The Bertz CT molecular complexity index is 387. The Morgan fingerprint density at radius 2 is 2.29 bits per heavy atom. The van der Waals surface area contributed by atoms with Gasteiger partial charge in [0.2, 0.25) is 0 Å². The highest BCUT2D eigenvalue weighted by molar-refractivity contribution is 5.94. The Kier molecular flexibility index (Phi) is 2.21. The van der Waals surface area contributed by atoms with Crippen LogP contribution >= 0.6 is 0 Å². The molecule has 0 N–H and O–H groups in total. The van der Waals surface area contributed by atoms with E-state index in [1.165, 1.54) is 13.0 Å². The average molecular weight is 196 g/mol. The number of hydrogen-bond donors (Lipinski definition) is 0. The maximum atomic E-state index is 13.4. The SMILES string of the molecule is CC(=O)c1cc(F)c2c(c1)COCO2. The van der Waals surface area contributed by atoms with E-state index < -0.39 is 5.82 Å². The molecule has 4 heteroatoms. The van der Waals surface area contributed by atoms with E-state index in [4.69, 9.17) is 9.47 Å². The van der Waals surface area contributed by atoms with Gasteiger partial charge in [-0.3, -0.25) is 4.79 Å². The van der Waals surface area contributed by atoms with E-state index in [1.807, 2.05) is 0 Å². The van der Waals surface area contributed by atoms with Gasteiger partial charge in [-0.25, -0.2) is 4.39 Å². The Labute approximate surface area is 80.4 Å². The van der Waals surface area contributed by atoms with Crippen molar-refractivity contribution in [2.24, 2.45) is 0 Å². The summed E-state index contributed by atoms with van der Waals surface area (Å²) in [5, 5.41) is 0. The number of halogens is 1. The van der Waals surface area contributed by atoms with Gasteiger partial charge in [0.25, 0.3) is 0 Å². The molecule has 1 aliphatic rings. The summed E-state index contributed by atoms with van der Waals surface area (Å²) in [6, 6.07) is 2.78. The fraction of sp³-hybridized carbons (Fsp3) is 0.300. The number of ether oxygens (including phenoxy) is 2. The first-order valence-electron chi connectivity index (χ1n) is 4.22. The van der Waals surface area contributed by atoms with Gasteiger partial charge >= 0.3 is 0 Å². The third-order valence-electron chi connectivity index (χ3n) is 2.07. The van der Waals surface area contributed by atoms with Crippen molar-refractivity contribution in [1.29, 1.82) is 0 Å². The van der Waals surface area contributed by atoms with Crippen LogP contribution in [0.15, 0.2) is 12.1 Å². The minimum Gasteiger partial charge on any atom is -0.464 e. The number of carbonyl (C=O) groups excluding carboxylic acids is 1. The van der Waals surface area contributed by atoms with Crippen molar-refractivity contribution in [3.8, 4) is 5.75 Å². The van der Waals surface area contributed by atoms with Crippen LogP contribution < -0.4 is 4.74 Å². The molecule has 3 nitrogen and oxygen atoms in total. The summed E-state index contributed by atoms with van der Waals surface area (Å²) >= 11 is 0. The Morgan fingerprint density at radius 1 is 1.50 bits per heavy atom. The van der Waals surface area contributed by atoms with Crippen molar-refractivity contribution in [3.63, 3.8) is 0 Å². The first kappa shape index (κ1) is 9.15. The molecule has 0 radical (unpaired) electrons. The third kappa shape index (κ3) is 1.48. The predicted molar refractivity (Wildman–Crippen MR) is 46.7 cm³/mol. The van der Waals surface area contributed by atoms with Gasteiger partial charge in [0.1, 0.15) is 0 Å². The third-order valence-corrected chi connectivity index (χ3v) is 2.07. The largest absolute Gasteiger partial charge is 0.464 e. The van der Waals surface area contributed by atoms with Gasteiger partial charge in [-0.2, -0.15) is 0 Å². The molecule has 0 aromatic heterocycles. The van der Waals surface area contributed by atoms with Gasteiger partial charge in [-0.15, -0.1) is 0 Å². The minimum atomic E-state index is -0.504. The van der Waals surface area contributed by atoms with E-state index in [9.17, 15) is 9.18 Å². The van der Waals surface area contributed by atoms with Gasteiger partial charge in [0, 0.05) is 11.1 Å². The second-order valence-electron chi connectivity index (χ2n) is 3.11. The van der Waals surface area contributed by atoms with Gasteiger partial charge in [-0.1, -0.05) is 0 Å². The van der Waals surface area contributed by atoms with Crippen LogP contribution in [0.4, 0.5) is 4.39 Å². The quantitative estimate of drug-likeness (QED) is 0.643. The Balaban J connectivity index is 2.51. The average Bonchev–Trinajstić information content (AvgIpc) is 2.17. The molecule has 0 unspecified atom stereocenters. The molecule has 74 valence electrons. The second kappa shape index (κ2) is 3.38. The lowest BCUT2D eigenvalue weighted by molar-refractivity contribution is -0.0190. The maximum Gasteiger partial charge on any atom is 0.189 e. The molecule has 0 aliphatic carbocycles. The smallest absolute Gasteiger partial charge is 0.189 e. The van der Waals surface area contributed by atoms with E-state index in [-0.39, 0.29) is 24.9 Å². The molecule has 0 saturated heterocycles. The molecular formula is C10H9FO3. The van der Waals surface area contributed by atoms with Crippen molar-refractivity contribution in [2.75, 3.05) is 6.79 Å². The zero-order chi connectivity index (χ0) is 10.1. The van der Waals surface area contributed by atoms with Gasteiger partial charge in [0.15, 0.2) is 24.1 Å². The van der Waals surface area contributed by atoms with Crippen molar-refractivity contribution >= 4 is 5.78 Å². The van der Waals surface area contributed by atoms with Crippen LogP contribution in [0.25, 0.3) is 0 Å². The van der Waals surface area contributed by atoms with E-state index in [1.54, 1.807) is 6.07 Å². The highest BCUT2D eigenvalue weighted by Gasteiger charge is 2.17. The molecule has 14 heavy (non-hydrogen) atoms. The van der Waals surface area contributed by atoms with Crippen LogP contribution in [0.1, 0.15) is 22.8 Å². The first-order valence-corrected chi connectivity index (χ1v) is 4.22. The molecule has 1 aromatic rings. The van der Waals surface area contributed by atoms with E-state index >= 15 is 0 Å². The van der Waals surface area contributed by atoms with Crippen LogP contribution in [-0.4, -0.2) is 12.6 Å². The summed E-state index contributed by atoms with van der Waals surface area (Å²) in [7, 11) is 0. The van der Waals surface area contributed by atoms with Crippen molar-refractivity contribution in [3.05, 3.63) is 29.1 Å². The minimum absolute atomic E-state index is 0.0589. The van der Waals surface area contributed by atoms with E-state index in [0.29, 0.717) is 11.1 Å². The molecular weight excluding hydrogens is 187 g/mol. The first-order chi connectivity index (χ1) is 6.68. The number of hydrogen-bond acceptors (Lipinski definition) is 3. The van der Waals surface area contributed by atoms with Gasteiger partial charge in [0.05, 0.1) is 6.61 Å². The van der Waals surface area contributed by atoms with Gasteiger partial charge in [-0.05, 0) is 19.1 Å². The van der Waals surface area contributed by atoms with Crippen molar-refractivity contribution in [2.45, 2.75) is 13.5 Å². The normalized spacial score (nSPS) is 14.4. The molecule has 2 rings (SSSR count). The number of benzene rings is 1. The van der Waals surface area contributed by atoms with E-state index in [2.05, 4.69) is 0 Å². The summed E-state index contributed by atoms with van der Waals surface area (Å²) in [5.74, 6) is -0.477. The monoisotopic (exact) mass is 196 g/mol. The predicted octanol–water partition coefficient (Wildman–Crippen LogP) is 1.89. The van der Waals surface area contributed by atoms with Crippen LogP contribution in [0.5, 0.6) is 5.75 Å². The fourth-order valence-electron chi connectivity index (χ4n) is 1.37. The second-order valence-corrected chi connectivity index (χ2v) is 3.11. The van der Waals surface area contributed by atoms with Crippen LogP contribution in [0, 0.1) is 5.82 Å². The highest BCUT2D eigenvalue weighted by atomic mass is 19.1. The Hall–Kier alpha value is -1.42. The lowest BCUT2D eigenvalue weighted by Gasteiger charge is -2.18. The fourth-order valence-corrected chi connectivity index (χ4v) is 1.37. The summed E-state index contributed by atoms with van der Waals surface area (Å²) in [4.78, 5) is 11.0. The summed E-state index contributed by atoms with van der Waals surface area (Å²) in [6.45, 7) is 1.74. The standard InChI is InChI=1S/C10H9FO3/c1-6(12)7-2-8-4-13-5-14-10(8)9(11)3-7/h2-3H,4-5H2,1H3. The molecule has 0 amide bonds. The van der Waals surface area contributed by atoms with Crippen molar-refractivity contribution in [1.82, 2.24) is 0 Å². The number of ketones is 1. The number of Topliss-reactive ketones (excluding diaryl/α,β-unsaturated/α-hetero) is 1. The highest BCUT2D eigenvalue weighted by Crippen LogP contribution is 2.28. The maximum absolute atomic E-state index is 13.4. The molecule has 0 saturated carbocycles. The summed E-state index contributed by atoms with van der Waals surface area (Å²) < 4.78 is 23.3. The molecule has 1 heterocycles. The number of fused-ring (bicyclic) bond motifs is 1. The zero-order valence-electron chi connectivity index (χ0n) is 7.67. The van der Waals surface area contributed by atoms with Crippen LogP contribution in [0.3, 0.4) is 0 Å². The topological polar surface area (TPSA) is 35.5 Å². The molecule has 0 spiro atoms. The van der Waals surface area contributed by atoms with Crippen molar-refractivity contribution < 1.29 is 18.7 Å². The summed E-state index contributed by atoms with van der Waals surface area (Å²) in [6.07, 6.45) is 0. The zero-order valence-corrected chi connectivity index (χ0v) is 7.67. The number of rotatable bonds is 1. The van der Waals surface area contributed by atoms with Gasteiger partial charge < -0.3 is 9.47 Å². The lowest BCUT2D eigenvalue weighted by atomic mass is 10.1. The molecule has 0 fully saturated rings. The summed E-state index contributed by atoms with van der Waals surface area (Å²) in [5.41, 5.74) is 0.928. The molecule has 0 bridgehead atoms. The van der Waals surface area contributed by atoms with E-state index in [0.717, 1.165) is 0 Å². The molecule has 1 aromatic carbocycles. The Morgan fingerprint density at radius 3 is 3.00 bits per heavy atom.